The van der Waals surface area contributed by atoms with Crippen LogP contribution in [0.25, 0.3) is 0 Å². The van der Waals surface area contributed by atoms with Crippen molar-refractivity contribution in [2.45, 2.75) is 23.2 Å². The third-order valence-corrected chi connectivity index (χ3v) is 8.45. The Labute approximate surface area is 180 Å². The molecule has 30 heavy (non-hydrogen) atoms. The number of thiophene rings is 1. The maximum atomic E-state index is 13.3. The van der Waals surface area contributed by atoms with Crippen LogP contribution in [0.5, 0.6) is 0 Å². The molecule has 1 N–H and O–H groups in total. The van der Waals surface area contributed by atoms with Crippen molar-refractivity contribution in [3.05, 3.63) is 77.2 Å². The van der Waals surface area contributed by atoms with Gasteiger partial charge in [-0.1, -0.05) is 30.3 Å². The van der Waals surface area contributed by atoms with E-state index in [1.54, 1.807) is 17.5 Å². The highest BCUT2D eigenvalue weighted by Gasteiger charge is 2.40. The second kappa shape index (κ2) is 8.22. The molecule has 1 aliphatic rings. The van der Waals surface area contributed by atoms with Crippen LogP contribution in [0.4, 0.5) is 11.4 Å². The fraction of sp³-hybridized carbons (Fsp3) is 0.227. The molecule has 4 rings (SSSR count). The molecule has 0 fully saturated rings. The van der Waals surface area contributed by atoms with Gasteiger partial charge < -0.3 is 10.2 Å². The summed E-state index contributed by atoms with van der Waals surface area (Å²) in [4.78, 5) is 15.2. The molecule has 0 spiro atoms. The van der Waals surface area contributed by atoms with Crippen LogP contribution < -0.4 is 10.2 Å². The third-order valence-electron chi connectivity index (χ3n) is 5.22. The lowest BCUT2D eigenvalue weighted by Gasteiger charge is -2.34. The number of hydrogen-bond acceptors (Lipinski definition) is 5. The van der Waals surface area contributed by atoms with E-state index in [2.05, 4.69) is 5.32 Å². The molecule has 0 saturated carbocycles. The number of nitrogens with zero attached hydrogens (tertiary/aromatic N) is 2. The van der Waals surface area contributed by atoms with Gasteiger partial charge in [-0.15, -0.1) is 11.3 Å². The average molecular weight is 442 g/mol. The molecule has 1 atom stereocenters. The van der Waals surface area contributed by atoms with Crippen molar-refractivity contribution in [1.29, 1.82) is 0 Å². The number of amides is 1. The monoisotopic (exact) mass is 441 g/mol. The first-order chi connectivity index (χ1) is 14.4. The third kappa shape index (κ3) is 3.98. The van der Waals surface area contributed by atoms with E-state index in [-0.39, 0.29) is 16.7 Å². The summed E-state index contributed by atoms with van der Waals surface area (Å²) in [6.07, 6.45) is 0.336. The molecule has 2 heterocycles. The topological polar surface area (TPSA) is 69.7 Å². The van der Waals surface area contributed by atoms with Crippen molar-refractivity contribution >= 4 is 38.6 Å². The van der Waals surface area contributed by atoms with Crippen molar-refractivity contribution in [3.8, 4) is 0 Å². The van der Waals surface area contributed by atoms with E-state index < -0.39 is 16.1 Å². The van der Waals surface area contributed by atoms with Crippen LogP contribution in [0.2, 0.25) is 0 Å². The SMILES string of the molecule is CN(C)c1ccc(NC(=O)C2Cc3ccccc3CN2S(=O)(=O)c2cccs2)cc1. The van der Waals surface area contributed by atoms with Gasteiger partial charge >= 0.3 is 0 Å². The zero-order chi connectivity index (χ0) is 21.3. The molecule has 1 amide bonds. The highest BCUT2D eigenvalue weighted by molar-refractivity contribution is 7.91. The van der Waals surface area contributed by atoms with Gasteiger partial charge in [0.1, 0.15) is 10.3 Å². The number of nitrogens with one attached hydrogen (secondary N) is 1. The summed E-state index contributed by atoms with van der Waals surface area (Å²) < 4.78 is 28.2. The minimum absolute atomic E-state index is 0.175. The van der Waals surface area contributed by atoms with Crippen LogP contribution >= 0.6 is 11.3 Å². The van der Waals surface area contributed by atoms with Gasteiger partial charge in [0.2, 0.25) is 5.91 Å². The van der Waals surface area contributed by atoms with Gasteiger partial charge in [-0.25, -0.2) is 8.42 Å². The zero-order valence-electron chi connectivity index (χ0n) is 16.8. The molecule has 6 nitrogen and oxygen atoms in total. The number of rotatable bonds is 5. The van der Waals surface area contributed by atoms with Gasteiger partial charge in [-0.2, -0.15) is 4.31 Å². The molecule has 8 heteroatoms. The van der Waals surface area contributed by atoms with Crippen molar-refractivity contribution in [3.63, 3.8) is 0 Å². The van der Waals surface area contributed by atoms with Gasteiger partial charge in [0.15, 0.2) is 0 Å². The predicted octanol–water partition coefficient (Wildman–Crippen LogP) is 3.57. The second-order valence-corrected chi connectivity index (χ2v) is 10.5. The Morgan fingerprint density at radius 1 is 1.03 bits per heavy atom. The second-order valence-electron chi connectivity index (χ2n) is 7.40. The van der Waals surface area contributed by atoms with Crippen molar-refractivity contribution in [2.24, 2.45) is 0 Å². The van der Waals surface area contributed by atoms with E-state index >= 15 is 0 Å². The van der Waals surface area contributed by atoms with Gasteiger partial charge in [0.25, 0.3) is 10.0 Å². The molecule has 0 aliphatic carbocycles. The fourth-order valence-electron chi connectivity index (χ4n) is 3.57. The van der Waals surface area contributed by atoms with Crippen LogP contribution in [0, 0.1) is 0 Å². The number of carbonyl (C=O) groups excluding carboxylic acids is 1. The smallest absolute Gasteiger partial charge is 0.253 e. The lowest BCUT2D eigenvalue weighted by Crippen LogP contribution is -2.50. The van der Waals surface area contributed by atoms with Gasteiger partial charge in [0.05, 0.1) is 0 Å². The Bertz CT molecular complexity index is 1140. The molecule has 3 aromatic rings. The molecule has 0 saturated heterocycles. The summed E-state index contributed by atoms with van der Waals surface area (Å²) in [7, 11) is 0.108. The first-order valence-electron chi connectivity index (χ1n) is 9.56. The highest BCUT2D eigenvalue weighted by Crippen LogP contribution is 2.31. The Morgan fingerprint density at radius 3 is 2.37 bits per heavy atom. The van der Waals surface area contributed by atoms with Crippen LogP contribution in [0.1, 0.15) is 11.1 Å². The Hall–Kier alpha value is -2.68. The lowest BCUT2D eigenvalue weighted by atomic mass is 9.95. The molecular weight excluding hydrogens is 418 g/mol. The van der Waals surface area contributed by atoms with Crippen molar-refractivity contribution in [2.75, 3.05) is 24.3 Å². The van der Waals surface area contributed by atoms with Crippen LogP contribution in [0.3, 0.4) is 0 Å². The number of sulfonamides is 1. The average Bonchev–Trinajstić information content (AvgIpc) is 3.29. The normalized spacial score (nSPS) is 16.7. The number of hydrogen-bond donors (Lipinski definition) is 1. The summed E-state index contributed by atoms with van der Waals surface area (Å²) in [5.74, 6) is -0.331. The van der Waals surface area contributed by atoms with E-state index in [1.807, 2.05) is 67.5 Å². The maximum absolute atomic E-state index is 13.3. The van der Waals surface area contributed by atoms with Gasteiger partial charge in [0, 0.05) is 32.0 Å². The summed E-state index contributed by atoms with van der Waals surface area (Å²) >= 11 is 1.16. The first kappa shape index (κ1) is 20.6. The predicted molar refractivity (Wildman–Crippen MR) is 120 cm³/mol. The maximum Gasteiger partial charge on any atom is 0.253 e. The Balaban J connectivity index is 1.65. The Kier molecular flexibility index (Phi) is 5.64. The minimum Gasteiger partial charge on any atom is -0.378 e. The standard InChI is InChI=1S/C22H23N3O3S2/c1-24(2)19-11-9-18(10-12-19)23-22(26)20-14-16-6-3-4-7-17(16)15-25(20)30(27,28)21-8-5-13-29-21/h3-13,20H,14-15H2,1-2H3,(H,23,26). The molecule has 1 unspecified atom stereocenters. The summed E-state index contributed by atoms with van der Waals surface area (Å²) in [6.45, 7) is 0.175. The van der Waals surface area contributed by atoms with E-state index in [0.717, 1.165) is 28.2 Å². The van der Waals surface area contributed by atoms with Gasteiger partial charge in [-0.05, 0) is 53.3 Å². The summed E-state index contributed by atoms with van der Waals surface area (Å²) in [5.41, 5.74) is 3.58. The molecule has 1 aliphatic heterocycles. The van der Waals surface area contributed by atoms with Crippen molar-refractivity contribution < 1.29 is 13.2 Å². The zero-order valence-corrected chi connectivity index (χ0v) is 18.4. The van der Waals surface area contributed by atoms with Crippen LogP contribution in [-0.2, 0) is 27.8 Å². The van der Waals surface area contributed by atoms with Crippen LogP contribution in [-0.4, -0.2) is 38.8 Å². The molecule has 1 aromatic heterocycles. The van der Waals surface area contributed by atoms with E-state index in [9.17, 15) is 13.2 Å². The first-order valence-corrected chi connectivity index (χ1v) is 11.9. The molecule has 156 valence electrons. The molecular formula is C22H23N3O3S2. The van der Waals surface area contributed by atoms with E-state index in [0.29, 0.717) is 12.1 Å². The number of carbonyl (C=O) groups is 1. The summed E-state index contributed by atoms with van der Waals surface area (Å²) in [5, 5.41) is 4.62. The number of benzene rings is 2. The minimum atomic E-state index is -3.78. The van der Waals surface area contributed by atoms with E-state index in [4.69, 9.17) is 0 Å². The van der Waals surface area contributed by atoms with Crippen molar-refractivity contribution in [1.82, 2.24) is 4.31 Å². The Morgan fingerprint density at radius 2 is 1.73 bits per heavy atom. The largest absolute Gasteiger partial charge is 0.378 e. The number of anilines is 2. The van der Waals surface area contributed by atoms with E-state index in [1.165, 1.54) is 4.31 Å². The highest BCUT2D eigenvalue weighted by atomic mass is 32.2. The van der Waals surface area contributed by atoms with Gasteiger partial charge in [-0.3, -0.25) is 4.79 Å². The summed E-state index contributed by atoms with van der Waals surface area (Å²) in [6, 6.07) is 17.6. The quantitative estimate of drug-likeness (QED) is 0.657. The fourth-order valence-corrected chi connectivity index (χ4v) is 6.25. The molecule has 2 aromatic carbocycles. The number of fused-ring (bicyclic) bond motifs is 1. The lowest BCUT2D eigenvalue weighted by molar-refractivity contribution is -0.120. The van der Waals surface area contributed by atoms with Crippen LogP contribution in [0.15, 0.2) is 70.3 Å². The molecule has 0 bridgehead atoms. The molecule has 0 radical (unpaired) electrons.